The molecule has 36 heavy (non-hydrogen) atoms. The lowest BCUT2D eigenvalue weighted by Gasteiger charge is -2.27. The van der Waals surface area contributed by atoms with E-state index < -0.39 is 17.4 Å². The SMILES string of the molecule is COc1cc(-n2c(C3CCOCC3)c(C3CO[C@@](C)(C(=O)O)C3)c3nc4[nH]ncc4cc32)ccc1F. The van der Waals surface area contributed by atoms with Crippen molar-refractivity contribution in [2.24, 2.45) is 0 Å². The molecule has 2 aliphatic rings. The molecule has 9 nitrogen and oxygen atoms in total. The number of hydrogen-bond acceptors (Lipinski definition) is 6. The zero-order chi connectivity index (χ0) is 25.0. The van der Waals surface area contributed by atoms with Crippen LogP contribution in [0.25, 0.3) is 27.8 Å². The Hall–Kier alpha value is -3.50. The topological polar surface area (TPSA) is 111 Å². The zero-order valence-electron chi connectivity index (χ0n) is 20.1. The van der Waals surface area contributed by atoms with Gasteiger partial charge in [-0.25, -0.2) is 14.2 Å². The maximum absolute atomic E-state index is 14.4. The molecule has 2 atom stereocenters. The average molecular weight is 495 g/mol. The summed E-state index contributed by atoms with van der Waals surface area (Å²) in [7, 11) is 1.44. The highest BCUT2D eigenvalue weighted by atomic mass is 19.1. The Morgan fingerprint density at radius 1 is 1.28 bits per heavy atom. The van der Waals surface area contributed by atoms with E-state index in [4.69, 9.17) is 19.2 Å². The molecule has 10 heteroatoms. The van der Waals surface area contributed by atoms with Crippen LogP contribution in [0.2, 0.25) is 0 Å². The van der Waals surface area contributed by atoms with Gasteiger partial charge in [-0.1, -0.05) is 0 Å². The fraction of sp³-hybridized carbons (Fsp3) is 0.423. The average Bonchev–Trinajstić information content (AvgIpc) is 3.59. The molecule has 1 aromatic carbocycles. The van der Waals surface area contributed by atoms with Gasteiger partial charge in [0.2, 0.25) is 0 Å². The van der Waals surface area contributed by atoms with E-state index in [-0.39, 0.29) is 24.2 Å². The van der Waals surface area contributed by atoms with Crippen LogP contribution in [-0.4, -0.2) is 63.4 Å². The first kappa shape index (κ1) is 22.9. The van der Waals surface area contributed by atoms with Gasteiger partial charge in [0.05, 0.1) is 30.9 Å². The van der Waals surface area contributed by atoms with Gasteiger partial charge in [0.15, 0.2) is 22.8 Å². The van der Waals surface area contributed by atoms with Crippen LogP contribution in [0.15, 0.2) is 30.5 Å². The van der Waals surface area contributed by atoms with Gasteiger partial charge in [0.1, 0.15) is 0 Å². The number of pyridine rings is 1. The second-order valence-electron chi connectivity index (χ2n) is 9.75. The number of aromatic amines is 1. The van der Waals surface area contributed by atoms with E-state index in [1.165, 1.54) is 13.2 Å². The molecule has 0 radical (unpaired) electrons. The van der Waals surface area contributed by atoms with Gasteiger partial charge in [-0.2, -0.15) is 5.10 Å². The number of carboxylic acid groups (broad SMARTS) is 1. The Labute approximate surface area is 206 Å². The molecule has 0 bridgehead atoms. The minimum absolute atomic E-state index is 0.146. The summed E-state index contributed by atoms with van der Waals surface area (Å²) in [6.07, 6.45) is 3.67. The predicted molar refractivity (Wildman–Crippen MR) is 129 cm³/mol. The van der Waals surface area contributed by atoms with Crippen molar-refractivity contribution in [2.45, 2.75) is 43.6 Å². The largest absolute Gasteiger partial charge is 0.494 e. The molecule has 6 rings (SSSR count). The van der Waals surface area contributed by atoms with E-state index in [0.29, 0.717) is 25.3 Å². The predicted octanol–water partition coefficient (Wildman–Crippen LogP) is 4.29. The van der Waals surface area contributed by atoms with Crippen LogP contribution in [0.4, 0.5) is 4.39 Å². The number of rotatable bonds is 5. The van der Waals surface area contributed by atoms with Gasteiger partial charge < -0.3 is 23.9 Å². The minimum Gasteiger partial charge on any atom is -0.494 e. The standard InChI is InChI=1S/C26H27FN4O5/c1-26(25(32)33)11-16(13-36-26)21-22-19(9-15-12-28-30-24(15)29-22)31(23(21)14-5-7-35-8-6-14)17-3-4-18(27)20(10-17)34-2/h3-4,9-10,12,14,16H,5-8,11,13H2,1-2H3,(H,32,33)(H,28,29,30)/t16?,26-/m1/s1. The fourth-order valence-electron chi connectivity index (χ4n) is 5.66. The molecule has 4 aromatic rings. The fourth-order valence-corrected chi connectivity index (χ4v) is 5.66. The molecule has 0 amide bonds. The highest BCUT2D eigenvalue weighted by Gasteiger charge is 2.46. The van der Waals surface area contributed by atoms with E-state index >= 15 is 0 Å². The number of carboxylic acids is 1. The van der Waals surface area contributed by atoms with Crippen molar-refractivity contribution in [1.82, 2.24) is 19.7 Å². The van der Waals surface area contributed by atoms with Crippen molar-refractivity contribution < 1.29 is 28.5 Å². The number of methoxy groups -OCH3 is 1. The van der Waals surface area contributed by atoms with Gasteiger partial charge in [0.25, 0.3) is 0 Å². The quantitative estimate of drug-likeness (QED) is 0.426. The minimum atomic E-state index is -1.27. The molecule has 0 saturated carbocycles. The molecule has 5 heterocycles. The van der Waals surface area contributed by atoms with Gasteiger partial charge >= 0.3 is 5.97 Å². The van der Waals surface area contributed by atoms with Crippen LogP contribution in [0.5, 0.6) is 5.75 Å². The summed E-state index contributed by atoms with van der Waals surface area (Å²) in [6, 6.07) is 6.84. The maximum atomic E-state index is 14.4. The van der Waals surface area contributed by atoms with Crippen molar-refractivity contribution >= 4 is 28.0 Å². The third-order valence-corrected chi connectivity index (χ3v) is 7.52. The number of halogens is 1. The summed E-state index contributed by atoms with van der Waals surface area (Å²) >= 11 is 0. The summed E-state index contributed by atoms with van der Waals surface area (Å²) in [5.41, 5.74) is 3.74. The van der Waals surface area contributed by atoms with Crippen LogP contribution in [-0.2, 0) is 14.3 Å². The molecule has 2 saturated heterocycles. The first-order chi connectivity index (χ1) is 17.4. The summed E-state index contributed by atoms with van der Waals surface area (Å²) in [5, 5.41) is 17.8. The van der Waals surface area contributed by atoms with Crippen molar-refractivity contribution in [3.05, 3.63) is 47.5 Å². The van der Waals surface area contributed by atoms with Gasteiger partial charge in [0, 0.05) is 53.4 Å². The Morgan fingerprint density at radius 3 is 2.81 bits per heavy atom. The normalized spacial score (nSPS) is 23.0. The highest BCUT2D eigenvalue weighted by Crippen LogP contribution is 2.47. The summed E-state index contributed by atoms with van der Waals surface area (Å²) in [5.74, 6) is -1.31. The van der Waals surface area contributed by atoms with Crippen molar-refractivity contribution in [1.29, 1.82) is 0 Å². The lowest BCUT2D eigenvalue weighted by molar-refractivity contribution is -0.157. The number of carbonyl (C=O) groups is 1. The highest BCUT2D eigenvalue weighted by molar-refractivity contribution is 5.94. The van der Waals surface area contributed by atoms with Crippen LogP contribution in [0, 0.1) is 5.82 Å². The number of aliphatic carboxylic acids is 1. The smallest absolute Gasteiger partial charge is 0.335 e. The number of nitrogens with one attached hydrogen (secondary N) is 1. The molecule has 2 aliphatic heterocycles. The second-order valence-corrected chi connectivity index (χ2v) is 9.75. The molecule has 0 aliphatic carbocycles. The molecule has 3 aromatic heterocycles. The number of aromatic nitrogens is 4. The first-order valence-electron chi connectivity index (χ1n) is 12.1. The summed E-state index contributed by atoms with van der Waals surface area (Å²) in [6.45, 7) is 3.15. The van der Waals surface area contributed by atoms with Crippen molar-refractivity contribution in [3.63, 3.8) is 0 Å². The van der Waals surface area contributed by atoms with Gasteiger partial charge in [-0.05, 0) is 44.4 Å². The molecule has 188 valence electrons. The summed E-state index contributed by atoms with van der Waals surface area (Å²) < 4.78 is 33.3. The van der Waals surface area contributed by atoms with Gasteiger partial charge in [-0.15, -0.1) is 0 Å². The summed E-state index contributed by atoms with van der Waals surface area (Å²) in [4.78, 5) is 17.0. The van der Waals surface area contributed by atoms with Gasteiger partial charge in [-0.3, -0.25) is 5.10 Å². The van der Waals surface area contributed by atoms with E-state index in [2.05, 4.69) is 14.8 Å². The third-order valence-electron chi connectivity index (χ3n) is 7.52. The van der Waals surface area contributed by atoms with Crippen LogP contribution in [0.1, 0.15) is 49.3 Å². The molecular weight excluding hydrogens is 467 g/mol. The first-order valence-corrected chi connectivity index (χ1v) is 12.1. The second kappa shape index (κ2) is 8.56. The Balaban J connectivity index is 1.66. The Morgan fingerprint density at radius 2 is 2.08 bits per heavy atom. The van der Waals surface area contributed by atoms with E-state index in [1.54, 1.807) is 25.3 Å². The third kappa shape index (κ3) is 3.55. The molecule has 2 N–H and O–H groups in total. The molecular formula is C26H27FN4O5. The number of hydrogen-bond donors (Lipinski definition) is 2. The number of benzene rings is 1. The molecule has 1 unspecified atom stereocenters. The lowest BCUT2D eigenvalue weighted by atomic mass is 9.85. The number of H-pyrrole nitrogens is 1. The molecule has 2 fully saturated rings. The monoisotopic (exact) mass is 494 g/mol. The van der Waals surface area contributed by atoms with Crippen molar-refractivity contribution in [2.75, 3.05) is 26.9 Å². The van der Waals surface area contributed by atoms with E-state index in [0.717, 1.165) is 46.2 Å². The Kier molecular flexibility index (Phi) is 5.45. The number of fused-ring (bicyclic) bond motifs is 2. The van der Waals surface area contributed by atoms with E-state index in [1.807, 2.05) is 6.07 Å². The van der Waals surface area contributed by atoms with Crippen LogP contribution >= 0.6 is 0 Å². The molecule has 0 spiro atoms. The van der Waals surface area contributed by atoms with Crippen LogP contribution < -0.4 is 4.74 Å². The zero-order valence-corrected chi connectivity index (χ0v) is 20.1. The van der Waals surface area contributed by atoms with Crippen LogP contribution in [0.3, 0.4) is 0 Å². The maximum Gasteiger partial charge on any atom is 0.335 e. The van der Waals surface area contributed by atoms with E-state index in [9.17, 15) is 14.3 Å². The Bertz CT molecular complexity index is 1470. The number of ether oxygens (including phenoxy) is 3. The number of nitrogens with zero attached hydrogens (tertiary/aromatic N) is 3. The lowest BCUT2D eigenvalue weighted by Crippen LogP contribution is -2.34. The van der Waals surface area contributed by atoms with Crippen molar-refractivity contribution in [3.8, 4) is 11.4 Å².